The van der Waals surface area contributed by atoms with Crippen molar-refractivity contribution in [3.8, 4) is 0 Å². The van der Waals surface area contributed by atoms with Crippen molar-refractivity contribution in [1.29, 1.82) is 0 Å². The zero-order valence-corrected chi connectivity index (χ0v) is 17.0. The molecule has 28 heavy (non-hydrogen) atoms. The first-order valence-corrected chi connectivity index (χ1v) is 9.70. The first-order chi connectivity index (χ1) is 13.3. The number of hydrogen-bond donors (Lipinski definition) is 1. The second-order valence-electron chi connectivity index (χ2n) is 7.37. The molecule has 4 nitrogen and oxygen atoms in total. The number of amides is 2. The van der Waals surface area contributed by atoms with Gasteiger partial charge in [-0.3, -0.25) is 9.59 Å². The van der Waals surface area contributed by atoms with Crippen molar-refractivity contribution >= 4 is 11.8 Å². The Bertz CT molecular complexity index is 820. The average molecular weight is 384 g/mol. The number of aryl methyl sites for hydroxylation is 1. The number of carbonyl (C=O) groups is 2. The molecule has 5 heteroatoms. The monoisotopic (exact) mass is 384 g/mol. The number of nitrogens with one attached hydrogen (secondary N) is 1. The fourth-order valence-corrected chi connectivity index (χ4v) is 3.21. The molecule has 0 heterocycles. The summed E-state index contributed by atoms with van der Waals surface area (Å²) in [5.74, 6) is -0.865. The minimum absolute atomic E-state index is 0.0240. The van der Waals surface area contributed by atoms with E-state index in [2.05, 4.69) is 5.32 Å². The van der Waals surface area contributed by atoms with Gasteiger partial charge in [0, 0.05) is 12.6 Å². The number of hydrogen-bond acceptors (Lipinski definition) is 2. The largest absolute Gasteiger partial charge is 0.352 e. The van der Waals surface area contributed by atoms with E-state index in [1.54, 1.807) is 23.1 Å². The molecule has 0 saturated carbocycles. The normalized spacial score (nSPS) is 11.9. The third kappa shape index (κ3) is 5.91. The first-order valence-electron chi connectivity index (χ1n) is 9.70. The highest BCUT2D eigenvalue weighted by Gasteiger charge is 2.29. The molecule has 2 aromatic rings. The lowest BCUT2D eigenvalue weighted by atomic mass is 10.1. The van der Waals surface area contributed by atoms with E-state index in [-0.39, 0.29) is 24.3 Å². The number of halogens is 1. The maximum atomic E-state index is 14.1. The van der Waals surface area contributed by atoms with Crippen LogP contribution < -0.4 is 5.32 Å². The van der Waals surface area contributed by atoms with Gasteiger partial charge >= 0.3 is 0 Å². The van der Waals surface area contributed by atoms with Gasteiger partial charge in [0.15, 0.2) is 0 Å². The Morgan fingerprint density at radius 3 is 2.43 bits per heavy atom. The molecule has 0 fully saturated rings. The number of benzene rings is 2. The molecule has 1 atom stereocenters. The van der Waals surface area contributed by atoms with E-state index in [1.165, 1.54) is 6.07 Å². The second kappa shape index (κ2) is 10.0. The van der Waals surface area contributed by atoms with E-state index < -0.39 is 11.9 Å². The lowest BCUT2D eigenvalue weighted by Gasteiger charge is -2.31. The summed E-state index contributed by atoms with van der Waals surface area (Å²) < 4.78 is 14.1. The van der Waals surface area contributed by atoms with Crippen molar-refractivity contribution in [2.24, 2.45) is 0 Å². The quantitative estimate of drug-likeness (QED) is 0.748. The van der Waals surface area contributed by atoms with Crippen molar-refractivity contribution in [3.63, 3.8) is 0 Å². The zero-order chi connectivity index (χ0) is 20.7. The molecule has 2 rings (SSSR count). The van der Waals surface area contributed by atoms with E-state index in [1.807, 2.05) is 52.0 Å². The standard InChI is InChI=1S/C23H29FN2O2/c1-5-21(23(28)25-16(2)3)26(15-18-10-8-9-17(4)13-18)22(27)14-19-11-6-7-12-20(19)24/h6-13,16,21H,5,14-15H2,1-4H3,(H,25,28). The Labute approximate surface area is 166 Å². The highest BCUT2D eigenvalue weighted by molar-refractivity contribution is 5.88. The van der Waals surface area contributed by atoms with Crippen LogP contribution in [0.25, 0.3) is 0 Å². The van der Waals surface area contributed by atoms with Gasteiger partial charge in [0.1, 0.15) is 11.9 Å². The fourth-order valence-electron chi connectivity index (χ4n) is 3.21. The van der Waals surface area contributed by atoms with E-state index in [0.717, 1.165) is 11.1 Å². The number of rotatable bonds is 8. The highest BCUT2D eigenvalue weighted by Crippen LogP contribution is 2.17. The summed E-state index contributed by atoms with van der Waals surface area (Å²) >= 11 is 0. The van der Waals surface area contributed by atoms with Gasteiger partial charge in [-0.15, -0.1) is 0 Å². The molecule has 1 unspecified atom stereocenters. The van der Waals surface area contributed by atoms with Gasteiger partial charge in [-0.25, -0.2) is 4.39 Å². The molecule has 0 aliphatic rings. The SMILES string of the molecule is CCC(C(=O)NC(C)C)N(Cc1cccc(C)c1)C(=O)Cc1ccccc1F. The van der Waals surface area contributed by atoms with Crippen molar-refractivity contribution in [3.05, 3.63) is 71.0 Å². The van der Waals surface area contributed by atoms with Gasteiger partial charge in [0.2, 0.25) is 11.8 Å². The van der Waals surface area contributed by atoms with Gasteiger partial charge in [0.25, 0.3) is 0 Å². The predicted molar refractivity (Wildman–Crippen MR) is 109 cm³/mol. The predicted octanol–water partition coefficient (Wildman–Crippen LogP) is 4.01. The van der Waals surface area contributed by atoms with Crippen LogP contribution in [-0.2, 0) is 22.6 Å². The third-order valence-corrected chi connectivity index (χ3v) is 4.55. The van der Waals surface area contributed by atoms with Gasteiger partial charge in [-0.1, -0.05) is 55.0 Å². The molecule has 0 aromatic heterocycles. The summed E-state index contributed by atoms with van der Waals surface area (Å²) in [6.07, 6.45) is 0.400. The Hall–Kier alpha value is -2.69. The van der Waals surface area contributed by atoms with E-state index in [4.69, 9.17) is 0 Å². The van der Waals surface area contributed by atoms with Crippen LogP contribution in [0, 0.1) is 12.7 Å². The summed E-state index contributed by atoms with van der Waals surface area (Å²) in [7, 11) is 0. The Kier molecular flexibility index (Phi) is 7.73. The molecule has 0 aliphatic carbocycles. The Morgan fingerprint density at radius 2 is 1.82 bits per heavy atom. The Balaban J connectivity index is 2.32. The summed E-state index contributed by atoms with van der Waals surface area (Å²) in [6.45, 7) is 7.94. The lowest BCUT2D eigenvalue weighted by Crippen LogP contribution is -2.50. The van der Waals surface area contributed by atoms with Crippen molar-refractivity contribution in [2.75, 3.05) is 0 Å². The molecule has 0 bridgehead atoms. The molecular weight excluding hydrogens is 355 g/mol. The van der Waals surface area contributed by atoms with Crippen LogP contribution in [-0.4, -0.2) is 28.8 Å². The molecule has 150 valence electrons. The smallest absolute Gasteiger partial charge is 0.243 e. The van der Waals surface area contributed by atoms with E-state index >= 15 is 0 Å². The third-order valence-electron chi connectivity index (χ3n) is 4.55. The molecule has 2 amide bonds. The van der Waals surface area contributed by atoms with Crippen LogP contribution in [0.4, 0.5) is 4.39 Å². The van der Waals surface area contributed by atoms with Crippen molar-refractivity contribution < 1.29 is 14.0 Å². The lowest BCUT2D eigenvalue weighted by molar-refractivity contribution is -0.141. The minimum Gasteiger partial charge on any atom is -0.352 e. The van der Waals surface area contributed by atoms with Crippen molar-refractivity contribution in [2.45, 2.75) is 59.2 Å². The molecule has 0 radical (unpaired) electrons. The summed E-state index contributed by atoms with van der Waals surface area (Å²) in [4.78, 5) is 27.4. The van der Waals surface area contributed by atoms with Gasteiger partial charge in [0.05, 0.1) is 6.42 Å². The maximum Gasteiger partial charge on any atom is 0.243 e. The molecule has 0 spiro atoms. The van der Waals surface area contributed by atoms with Crippen molar-refractivity contribution in [1.82, 2.24) is 10.2 Å². The molecule has 1 N–H and O–H groups in total. The van der Waals surface area contributed by atoms with Crippen LogP contribution in [0.5, 0.6) is 0 Å². The van der Waals surface area contributed by atoms with E-state index in [9.17, 15) is 14.0 Å². The molecule has 0 aliphatic heterocycles. The van der Waals surface area contributed by atoms with Gasteiger partial charge in [-0.05, 0) is 44.4 Å². The van der Waals surface area contributed by atoms with E-state index in [0.29, 0.717) is 18.5 Å². The highest BCUT2D eigenvalue weighted by atomic mass is 19.1. The molecule has 0 saturated heterocycles. The second-order valence-corrected chi connectivity index (χ2v) is 7.37. The van der Waals surface area contributed by atoms with Crippen LogP contribution >= 0.6 is 0 Å². The first kappa shape index (κ1) is 21.6. The van der Waals surface area contributed by atoms with Crippen LogP contribution in [0.3, 0.4) is 0 Å². The molecular formula is C23H29FN2O2. The summed E-state index contributed by atoms with van der Waals surface area (Å²) in [6, 6.07) is 13.5. The maximum absolute atomic E-state index is 14.1. The fraction of sp³-hybridized carbons (Fsp3) is 0.391. The summed E-state index contributed by atoms with van der Waals surface area (Å²) in [5, 5.41) is 2.89. The number of nitrogens with zero attached hydrogens (tertiary/aromatic N) is 1. The van der Waals surface area contributed by atoms with Crippen LogP contribution in [0.1, 0.15) is 43.9 Å². The average Bonchev–Trinajstić information content (AvgIpc) is 2.63. The van der Waals surface area contributed by atoms with Gasteiger partial charge in [-0.2, -0.15) is 0 Å². The molecule has 2 aromatic carbocycles. The topological polar surface area (TPSA) is 49.4 Å². The zero-order valence-electron chi connectivity index (χ0n) is 17.0. The minimum atomic E-state index is -0.609. The van der Waals surface area contributed by atoms with Gasteiger partial charge < -0.3 is 10.2 Å². The van der Waals surface area contributed by atoms with Crippen LogP contribution in [0.2, 0.25) is 0 Å². The summed E-state index contributed by atoms with van der Waals surface area (Å²) in [5.41, 5.74) is 2.36. The number of carbonyl (C=O) groups excluding carboxylic acids is 2. The Morgan fingerprint density at radius 1 is 1.11 bits per heavy atom. The van der Waals surface area contributed by atoms with Crippen LogP contribution in [0.15, 0.2) is 48.5 Å².